The van der Waals surface area contributed by atoms with Gasteiger partial charge in [-0.25, -0.2) is 14.4 Å². The van der Waals surface area contributed by atoms with Crippen LogP contribution in [-0.4, -0.2) is 16.5 Å². The number of halogens is 1. The fraction of sp³-hybridized carbons (Fsp3) is 0.375. The van der Waals surface area contributed by atoms with E-state index in [9.17, 15) is 4.39 Å². The van der Waals surface area contributed by atoms with E-state index in [0.29, 0.717) is 5.82 Å². The van der Waals surface area contributed by atoms with Crippen LogP contribution in [0.1, 0.15) is 31.5 Å². The summed E-state index contributed by atoms with van der Waals surface area (Å²) in [7, 11) is 0. The maximum Gasteiger partial charge on any atom is 0.162 e. The minimum atomic E-state index is -0.233. The molecule has 0 amide bonds. The number of nitrogens with zero attached hydrogens (tertiary/aromatic N) is 2. The molecule has 4 heteroatoms. The van der Waals surface area contributed by atoms with Gasteiger partial charge in [0.05, 0.1) is 0 Å². The van der Waals surface area contributed by atoms with Gasteiger partial charge in [0.2, 0.25) is 0 Å². The van der Waals surface area contributed by atoms with Crippen molar-refractivity contribution in [1.82, 2.24) is 9.97 Å². The van der Waals surface area contributed by atoms with Gasteiger partial charge in [0.15, 0.2) is 5.82 Å². The number of aryl methyl sites for hydroxylation is 2. The van der Waals surface area contributed by atoms with Crippen molar-refractivity contribution in [2.24, 2.45) is 0 Å². The molecule has 0 aliphatic rings. The molecule has 3 nitrogen and oxygen atoms in total. The number of aromatic nitrogens is 2. The van der Waals surface area contributed by atoms with Crippen LogP contribution >= 0.6 is 0 Å². The average Bonchev–Trinajstić information content (AvgIpc) is 2.39. The van der Waals surface area contributed by atoms with Gasteiger partial charge in [-0.05, 0) is 44.0 Å². The first-order valence-electron chi connectivity index (χ1n) is 7.02. The predicted octanol–water partition coefficient (Wildman–Crippen LogP) is 3.98. The highest BCUT2D eigenvalue weighted by molar-refractivity contribution is 5.61. The van der Waals surface area contributed by atoms with Gasteiger partial charge < -0.3 is 5.32 Å². The highest BCUT2D eigenvalue weighted by Crippen LogP contribution is 2.23. The molecule has 0 radical (unpaired) electrons. The van der Waals surface area contributed by atoms with Crippen molar-refractivity contribution < 1.29 is 4.39 Å². The Balaban J connectivity index is 2.48. The summed E-state index contributed by atoms with van der Waals surface area (Å²) in [6.07, 6.45) is 1.94. The van der Waals surface area contributed by atoms with Gasteiger partial charge in [0.25, 0.3) is 0 Å². The molecular weight excluding hydrogens is 253 g/mol. The van der Waals surface area contributed by atoms with Crippen LogP contribution in [0.3, 0.4) is 0 Å². The lowest BCUT2D eigenvalue weighted by molar-refractivity contribution is 0.627. The third-order valence-electron chi connectivity index (χ3n) is 3.07. The lowest BCUT2D eigenvalue weighted by atomic mass is 10.1. The van der Waals surface area contributed by atoms with Gasteiger partial charge in [-0.3, -0.25) is 0 Å². The third kappa shape index (κ3) is 3.32. The van der Waals surface area contributed by atoms with Gasteiger partial charge in [0.1, 0.15) is 11.6 Å². The first-order chi connectivity index (χ1) is 9.63. The van der Waals surface area contributed by atoms with Crippen LogP contribution in [0.25, 0.3) is 11.4 Å². The number of hydrogen-bond acceptors (Lipinski definition) is 3. The monoisotopic (exact) mass is 273 g/mol. The quantitative estimate of drug-likeness (QED) is 0.895. The van der Waals surface area contributed by atoms with Crippen molar-refractivity contribution in [2.45, 2.75) is 33.6 Å². The lowest BCUT2D eigenvalue weighted by Gasteiger charge is -2.10. The lowest BCUT2D eigenvalue weighted by Crippen LogP contribution is -2.04. The first kappa shape index (κ1) is 14.4. The zero-order valence-corrected chi connectivity index (χ0v) is 12.2. The SMILES string of the molecule is CCCc1cc(NCC)nc(-c2ccc(F)cc2C)n1. The van der Waals surface area contributed by atoms with Crippen LogP contribution in [0.2, 0.25) is 0 Å². The first-order valence-corrected chi connectivity index (χ1v) is 7.02. The standard InChI is InChI=1S/C16H20FN3/c1-4-6-13-10-15(18-5-2)20-16(19-13)14-8-7-12(17)9-11(14)3/h7-10H,4-6H2,1-3H3,(H,18,19,20). The van der Waals surface area contributed by atoms with Gasteiger partial charge in [-0.2, -0.15) is 0 Å². The number of anilines is 1. The molecule has 0 fully saturated rings. The Morgan fingerprint density at radius 3 is 2.60 bits per heavy atom. The normalized spacial score (nSPS) is 10.6. The summed E-state index contributed by atoms with van der Waals surface area (Å²) in [4.78, 5) is 9.11. The summed E-state index contributed by atoms with van der Waals surface area (Å²) in [5.74, 6) is 1.25. The number of rotatable bonds is 5. The molecule has 1 aromatic heterocycles. The summed E-state index contributed by atoms with van der Waals surface area (Å²) in [6.45, 7) is 6.84. The van der Waals surface area contributed by atoms with Crippen molar-refractivity contribution in [3.63, 3.8) is 0 Å². The molecule has 0 saturated heterocycles. The fourth-order valence-electron chi connectivity index (χ4n) is 2.15. The summed E-state index contributed by atoms with van der Waals surface area (Å²) in [6, 6.07) is 6.68. The average molecular weight is 273 g/mol. The Bertz CT molecular complexity index is 572. The second kappa shape index (κ2) is 6.46. The van der Waals surface area contributed by atoms with Crippen LogP contribution in [0.15, 0.2) is 24.3 Å². The van der Waals surface area contributed by atoms with Gasteiger partial charge in [-0.15, -0.1) is 0 Å². The molecule has 2 rings (SSSR count). The Morgan fingerprint density at radius 1 is 1.15 bits per heavy atom. The van der Waals surface area contributed by atoms with Gasteiger partial charge >= 0.3 is 0 Å². The zero-order valence-electron chi connectivity index (χ0n) is 12.2. The molecule has 0 unspecified atom stereocenters. The molecule has 1 N–H and O–H groups in total. The largest absolute Gasteiger partial charge is 0.370 e. The topological polar surface area (TPSA) is 37.8 Å². The van der Waals surface area contributed by atoms with Crippen molar-refractivity contribution in [1.29, 1.82) is 0 Å². The van der Waals surface area contributed by atoms with Crippen molar-refractivity contribution in [3.05, 3.63) is 41.3 Å². The van der Waals surface area contributed by atoms with E-state index in [4.69, 9.17) is 0 Å². The molecule has 20 heavy (non-hydrogen) atoms. The molecule has 0 aliphatic carbocycles. The maximum absolute atomic E-state index is 13.2. The van der Waals surface area contributed by atoms with Gasteiger partial charge in [0, 0.05) is 23.9 Å². The van der Waals surface area contributed by atoms with Crippen molar-refractivity contribution in [2.75, 3.05) is 11.9 Å². The molecule has 1 aromatic carbocycles. The highest BCUT2D eigenvalue weighted by atomic mass is 19.1. The number of hydrogen-bond donors (Lipinski definition) is 1. The van der Waals surface area contributed by atoms with Crippen LogP contribution < -0.4 is 5.32 Å². The van der Waals surface area contributed by atoms with E-state index in [1.807, 2.05) is 19.9 Å². The smallest absolute Gasteiger partial charge is 0.162 e. The van der Waals surface area contributed by atoms with E-state index in [1.54, 1.807) is 6.07 Å². The Morgan fingerprint density at radius 2 is 1.95 bits per heavy atom. The molecule has 0 bridgehead atoms. The van der Waals surface area contributed by atoms with Crippen LogP contribution in [0.4, 0.5) is 10.2 Å². The molecule has 0 atom stereocenters. The van der Waals surface area contributed by atoms with E-state index in [-0.39, 0.29) is 5.82 Å². The third-order valence-corrected chi connectivity index (χ3v) is 3.07. The van der Waals surface area contributed by atoms with Crippen LogP contribution in [0, 0.1) is 12.7 Å². The minimum Gasteiger partial charge on any atom is -0.370 e. The van der Waals surface area contributed by atoms with Crippen LogP contribution in [0.5, 0.6) is 0 Å². The van der Waals surface area contributed by atoms with E-state index >= 15 is 0 Å². The molecule has 2 aromatic rings. The highest BCUT2D eigenvalue weighted by Gasteiger charge is 2.09. The Labute approximate surface area is 119 Å². The summed E-state index contributed by atoms with van der Waals surface area (Å²) in [5, 5.41) is 3.22. The minimum absolute atomic E-state index is 0.233. The molecule has 0 saturated carbocycles. The van der Waals surface area contributed by atoms with Crippen LogP contribution in [-0.2, 0) is 6.42 Å². The summed E-state index contributed by atoms with van der Waals surface area (Å²) < 4.78 is 13.2. The van der Waals surface area contributed by atoms with E-state index < -0.39 is 0 Å². The summed E-state index contributed by atoms with van der Waals surface area (Å²) in [5.41, 5.74) is 2.74. The number of nitrogens with one attached hydrogen (secondary N) is 1. The van der Waals surface area contributed by atoms with Crippen molar-refractivity contribution in [3.8, 4) is 11.4 Å². The molecule has 1 heterocycles. The van der Waals surface area contributed by atoms with E-state index in [1.165, 1.54) is 12.1 Å². The second-order valence-corrected chi connectivity index (χ2v) is 4.81. The zero-order chi connectivity index (χ0) is 14.5. The number of benzene rings is 1. The second-order valence-electron chi connectivity index (χ2n) is 4.81. The molecule has 0 spiro atoms. The van der Waals surface area contributed by atoms with E-state index in [0.717, 1.165) is 42.0 Å². The van der Waals surface area contributed by atoms with Crippen molar-refractivity contribution >= 4 is 5.82 Å². The summed E-state index contributed by atoms with van der Waals surface area (Å²) >= 11 is 0. The Hall–Kier alpha value is -1.97. The maximum atomic E-state index is 13.2. The molecule has 0 aliphatic heterocycles. The van der Waals surface area contributed by atoms with E-state index in [2.05, 4.69) is 22.2 Å². The fourth-order valence-corrected chi connectivity index (χ4v) is 2.15. The van der Waals surface area contributed by atoms with Gasteiger partial charge in [-0.1, -0.05) is 13.3 Å². The predicted molar refractivity (Wildman–Crippen MR) is 80.3 cm³/mol. The Kier molecular flexibility index (Phi) is 4.66. The molecule has 106 valence electrons. The molecular formula is C16H20FN3.